The van der Waals surface area contributed by atoms with Gasteiger partial charge >= 0.3 is 0 Å². The normalized spacial score (nSPS) is 18.6. The van der Waals surface area contributed by atoms with Crippen LogP contribution in [0.25, 0.3) is 0 Å². The molecule has 0 bridgehead atoms. The lowest BCUT2D eigenvalue weighted by molar-refractivity contribution is -0.119. The van der Waals surface area contributed by atoms with E-state index in [0.717, 1.165) is 11.1 Å². The molecule has 30 heavy (non-hydrogen) atoms. The van der Waals surface area contributed by atoms with Crippen LogP contribution in [0.15, 0.2) is 47.4 Å². The fourth-order valence-corrected chi connectivity index (χ4v) is 6.23. The predicted molar refractivity (Wildman–Crippen MR) is 113 cm³/mol. The van der Waals surface area contributed by atoms with Crippen LogP contribution in [0.2, 0.25) is 0 Å². The van der Waals surface area contributed by atoms with Gasteiger partial charge in [0, 0.05) is 6.54 Å². The summed E-state index contributed by atoms with van der Waals surface area (Å²) in [5, 5.41) is 0. The van der Waals surface area contributed by atoms with Crippen molar-refractivity contribution in [2.75, 3.05) is 16.7 Å². The van der Waals surface area contributed by atoms with Gasteiger partial charge in [-0.05, 0) is 43.2 Å². The van der Waals surface area contributed by atoms with Crippen molar-refractivity contribution >= 4 is 31.6 Å². The van der Waals surface area contributed by atoms with E-state index in [1.807, 2.05) is 31.2 Å². The molecule has 8 nitrogen and oxygen atoms in total. The summed E-state index contributed by atoms with van der Waals surface area (Å²) < 4.78 is 59.6. The Morgan fingerprint density at radius 2 is 1.90 bits per heavy atom. The Hall–Kier alpha value is -2.43. The number of ether oxygens (including phenoxy) is 1. The molecule has 0 radical (unpaired) electrons. The van der Waals surface area contributed by atoms with Gasteiger partial charge in [0.2, 0.25) is 26.0 Å². The monoisotopic (exact) mass is 452 g/mol. The Morgan fingerprint density at radius 3 is 2.50 bits per heavy atom. The Bertz CT molecular complexity index is 1180. The topological polar surface area (TPSA) is 110 Å². The molecule has 0 aliphatic carbocycles. The van der Waals surface area contributed by atoms with Crippen LogP contribution in [0.5, 0.6) is 5.75 Å². The molecule has 10 heteroatoms. The molecule has 1 amide bonds. The van der Waals surface area contributed by atoms with Crippen molar-refractivity contribution in [2.45, 2.75) is 32.2 Å². The number of benzene rings is 2. The second kappa shape index (κ2) is 8.37. The molecule has 1 fully saturated rings. The number of anilines is 1. The molecule has 1 atom stereocenters. The highest BCUT2D eigenvalue weighted by Gasteiger charge is 2.42. The van der Waals surface area contributed by atoms with Crippen molar-refractivity contribution < 1.29 is 26.4 Å². The summed E-state index contributed by atoms with van der Waals surface area (Å²) >= 11 is 0. The zero-order chi connectivity index (χ0) is 22.1. The average Bonchev–Trinajstić information content (AvgIpc) is 2.88. The minimum atomic E-state index is -4.06. The Labute approximate surface area is 177 Å². The van der Waals surface area contributed by atoms with E-state index < -0.39 is 31.9 Å². The van der Waals surface area contributed by atoms with Gasteiger partial charge in [0.1, 0.15) is 10.6 Å². The van der Waals surface area contributed by atoms with Gasteiger partial charge in [0.25, 0.3) is 0 Å². The second-order valence-electron chi connectivity index (χ2n) is 7.10. The van der Waals surface area contributed by atoms with Gasteiger partial charge in [-0.2, -0.15) is 0 Å². The number of sulfonamides is 2. The zero-order valence-corrected chi connectivity index (χ0v) is 18.6. The quantitative estimate of drug-likeness (QED) is 0.690. The number of hydrogen-bond donors (Lipinski definition) is 1. The van der Waals surface area contributed by atoms with Crippen molar-refractivity contribution in [1.82, 2.24) is 4.72 Å². The molecule has 1 unspecified atom stereocenters. The zero-order valence-electron chi connectivity index (χ0n) is 17.0. The van der Waals surface area contributed by atoms with E-state index in [4.69, 9.17) is 4.74 Å². The highest BCUT2D eigenvalue weighted by Crippen LogP contribution is 2.34. The highest BCUT2D eigenvalue weighted by atomic mass is 32.2. The Morgan fingerprint density at radius 1 is 1.20 bits per heavy atom. The maximum absolute atomic E-state index is 13.0. The molecule has 2 aromatic rings. The van der Waals surface area contributed by atoms with E-state index >= 15 is 0 Å². The molecule has 2 aromatic carbocycles. The molecule has 1 saturated heterocycles. The fourth-order valence-electron chi connectivity index (χ4n) is 3.25. The van der Waals surface area contributed by atoms with Crippen LogP contribution in [0.1, 0.15) is 25.0 Å². The summed E-state index contributed by atoms with van der Waals surface area (Å²) in [5.74, 6) is -1.51. The SMILES string of the molecule is CCOc1ccc(N2C(=O)C(C)CS2(=O)=O)cc1S(=O)(=O)NCc1ccccc1C. The molecule has 0 aromatic heterocycles. The molecular formula is C20H24N2O6S2. The van der Waals surface area contributed by atoms with E-state index in [9.17, 15) is 21.6 Å². The van der Waals surface area contributed by atoms with Crippen molar-refractivity contribution in [3.05, 3.63) is 53.6 Å². The Balaban J connectivity index is 2.01. The number of rotatable bonds is 7. The number of aryl methyl sites for hydroxylation is 1. The van der Waals surface area contributed by atoms with E-state index in [2.05, 4.69) is 4.72 Å². The summed E-state index contributed by atoms with van der Waals surface area (Å²) in [6.45, 7) is 5.39. The first-order valence-electron chi connectivity index (χ1n) is 9.44. The first-order valence-corrected chi connectivity index (χ1v) is 12.5. The van der Waals surface area contributed by atoms with Gasteiger partial charge in [-0.1, -0.05) is 31.2 Å². The lowest BCUT2D eigenvalue weighted by Gasteiger charge is -2.18. The maximum Gasteiger partial charge on any atom is 0.244 e. The summed E-state index contributed by atoms with van der Waals surface area (Å²) in [7, 11) is -7.92. The second-order valence-corrected chi connectivity index (χ2v) is 10.7. The van der Waals surface area contributed by atoms with Crippen LogP contribution < -0.4 is 13.8 Å². The number of carbonyl (C=O) groups excluding carboxylic acids is 1. The van der Waals surface area contributed by atoms with Crippen molar-refractivity contribution in [1.29, 1.82) is 0 Å². The smallest absolute Gasteiger partial charge is 0.244 e. The van der Waals surface area contributed by atoms with Gasteiger partial charge in [0.05, 0.1) is 24.0 Å². The molecule has 3 rings (SSSR count). The van der Waals surface area contributed by atoms with Crippen LogP contribution in [0.3, 0.4) is 0 Å². The lowest BCUT2D eigenvalue weighted by Crippen LogP contribution is -2.31. The van der Waals surface area contributed by atoms with Crippen molar-refractivity contribution in [3.8, 4) is 5.75 Å². The molecule has 0 saturated carbocycles. The van der Waals surface area contributed by atoms with Gasteiger partial charge in [-0.15, -0.1) is 0 Å². The van der Waals surface area contributed by atoms with E-state index in [0.29, 0.717) is 4.31 Å². The third-order valence-corrected chi connectivity index (χ3v) is 8.12. The third-order valence-electron chi connectivity index (χ3n) is 4.83. The highest BCUT2D eigenvalue weighted by molar-refractivity contribution is 7.94. The summed E-state index contributed by atoms with van der Waals surface area (Å²) in [4.78, 5) is 12.2. The molecule has 1 N–H and O–H groups in total. The van der Waals surface area contributed by atoms with Crippen LogP contribution in [-0.2, 0) is 31.4 Å². The maximum atomic E-state index is 13.0. The minimum absolute atomic E-state index is 0.0240. The van der Waals surface area contributed by atoms with Crippen LogP contribution in [0, 0.1) is 12.8 Å². The number of hydrogen-bond acceptors (Lipinski definition) is 6. The van der Waals surface area contributed by atoms with Gasteiger partial charge in [-0.3, -0.25) is 4.79 Å². The number of amides is 1. The van der Waals surface area contributed by atoms with Crippen molar-refractivity contribution in [3.63, 3.8) is 0 Å². The molecule has 0 spiro atoms. The number of carbonyl (C=O) groups is 1. The number of nitrogens with one attached hydrogen (secondary N) is 1. The Kier molecular flexibility index (Phi) is 6.21. The summed E-state index contributed by atoms with van der Waals surface area (Å²) in [6.07, 6.45) is 0. The van der Waals surface area contributed by atoms with Crippen LogP contribution in [-0.4, -0.2) is 35.1 Å². The largest absolute Gasteiger partial charge is 0.492 e. The van der Waals surface area contributed by atoms with Crippen LogP contribution >= 0.6 is 0 Å². The van der Waals surface area contributed by atoms with Gasteiger partial charge in [-0.25, -0.2) is 25.9 Å². The summed E-state index contributed by atoms with van der Waals surface area (Å²) in [5.41, 5.74) is 1.71. The first kappa shape index (κ1) is 22.3. The number of nitrogens with zero attached hydrogens (tertiary/aromatic N) is 1. The van der Waals surface area contributed by atoms with E-state index in [1.54, 1.807) is 6.92 Å². The standard InChI is InChI=1S/C20H24N2O6S2/c1-4-28-18-10-9-17(22-20(23)15(3)13-29(22,24)25)11-19(18)30(26,27)21-12-16-8-6-5-7-14(16)2/h5-11,15,21H,4,12-13H2,1-3H3. The lowest BCUT2D eigenvalue weighted by atomic mass is 10.1. The summed E-state index contributed by atoms with van der Waals surface area (Å²) in [6, 6.07) is 11.3. The third kappa shape index (κ3) is 4.35. The molecule has 162 valence electrons. The van der Waals surface area contributed by atoms with Crippen LogP contribution in [0.4, 0.5) is 5.69 Å². The van der Waals surface area contributed by atoms with Crippen molar-refractivity contribution in [2.24, 2.45) is 5.92 Å². The van der Waals surface area contributed by atoms with E-state index in [1.165, 1.54) is 25.1 Å². The first-order chi connectivity index (χ1) is 14.1. The predicted octanol–water partition coefficient (Wildman–Crippen LogP) is 2.18. The molecular weight excluding hydrogens is 428 g/mol. The minimum Gasteiger partial charge on any atom is -0.492 e. The van der Waals surface area contributed by atoms with Gasteiger partial charge < -0.3 is 4.74 Å². The average molecular weight is 453 g/mol. The fraction of sp³-hybridized carbons (Fsp3) is 0.350. The van der Waals surface area contributed by atoms with Gasteiger partial charge in [0.15, 0.2) is 0 Å². The molecule has 1 heterocycles. The van der Waals surface area contributed by atoms with E-state index in [-0.39, 0.29) is 35.2 Å². The molecule has 1 aliphatic rings. The molecule has 1 aliphatic heterocycles.